The van der Waals surface area contributed by atoms with Crippen molar-refractivity contribution in [1.82, 2.24) is 9.55 Å². The Morgan fingerprint density at radius 1 is 1.56 bits per heavy atom. The molecule has 7 heteroatoms. The number of hydrogen-bond acceptors (Lipinski definition) is 4. The highest BCUT2D eigenvalue weighted by Gasteiger charge is 2.23. The fourth-order valence-corrected chi connectivity index (χ4v) is 1.99. The Bertz CT molecular complexity index is 508. The monoisotopic (exact) mass is 256 g/mol. The molecule has 1 aromatic rings. The van der Waals surface area contributed by atoms with Gasteiger partial charge in [-0.1, -0.05) is 0 Å². The van der Waals surface area contributed by atoms with Gasteiger partial charge in [0.2, 0.25) is 5.82 Å². The first-order valence-electron chi connectivity index (χ1n) is 5.64. The molecule has 1 aliphatic rings. The number of carboxylic acid groups (broad SMARTS) is 1. The lowest BCUT2D eigenvalue weighted by molar-refractivity contribution is -0.137. The lowest BCUT2D eigenvalue weighted by atomic mass is 9.96. The van der Waals surface area contributed by atoms with E-state index < -0.39 is 23.9 Å². The summed E-state index contributed by atoms with van der Waals surface area (Å²) in [6.45, 7) is 0.449. The molecule has 6 nitrogen and oxygen atoms in total. The maximum absolute atomic E-state index is 13.9. The molecule has 1 N–H and O–H groups in total. The second-order valence-corrected chi connectivity index (χ2v) is 4.16. The van der Waals surface area contributed by atoms with Gasteiger partial charge in [-0.05, 0) is 12.8 Å². The highest BCUT2D eigenvalue weighted by Crippen LogP contribution is 2.25. The molecule has 0 aromatic carbocycles. The molecule has 98 valence electrons. The van der Waals surface area contributed by atoms with Crippen molar-refractivity contribution in [2.45, 2.75) is 25.3 Å². The van der Waals surface area contributed by atoms with Crippen molar-refractivity contribution in [3.05, 3.63) is 28.2 Å². The van der Waals surface area contributed by atoms with E-state index in [1.807, 2.05) is 0 Å². The summed E-state index contributed by atoms with van der Waals surface area (Å²) in [5.41, 5.74) is -0.821. The van der Waals surface area contributed by atoms with Gasteiger partial charge in [0.15, 0.2) is 0 Å². The number of halogens is 1. The third-order valence-electron chi connectivity index (χ3n) is 2.92. The fourth-order valence-electron chi connectivity index (χ4n) is 1.99. The first kappa shape index (κ1) is 12.7. The Labute approximate surface area is 102 Å². The largest absolute Gasteiger partial charge is 0.480 e. The van der Waals surface area contributed by atoms with Gasteiger partial charge in [0.1, 0.15) is 6.54 Å². The lowest BCUT2D eigenvalue weighted by Crippen LogP contribution is -2.30. The van der Waals surface area contributed by atoms with Crippen LogP contribution in [0.15, 0.2) is 11.1 Å². The number of nitrogens with zero attached hydrogens (tertiary/aromatic N) is 2. The summed E-state index contributed by atoms with van der Waals surface area (Å²) in [7, 11) is 0. The number of aliphatic carboxylic acids is 1. The van der Waals surface area contributed by atoms with Gasteiger partial charge >= 0.3 is 5.97 Å². The zero-order valence-electron chi connectivity index (χ0n) is 9.63. The summed E-state index contributed by atoms with van der Waals surface area (Å²) < 4.78 is 19.8. The van der Waals surface area contributed by atoms with E-state index in [2.05, 4.69) is 4.98 Å². The molecular weight excluding hydrogens is 243 g/mol. The quantitative estimate of drug-likeness (QED) is 0.844. The van der Waals surface area contributed by atoms with Crippen molar-refractivity contribution in [1.29, 1.82) is 0 Å². The number of hydrogen-bond donors (Lipinski definition) is 1. The van der Waals surface area contributed by atoms with E-state index in [4.69, 9.17) is 9.84 Å². The van der Waals surface area contributed by atoms with Crippen molar-refractivity contribution in [3.63, 3.8) is 0 Å². The Balaban J connectivity index is 2.30. The van der Waals surface area contributed by atoms with E-state index in [0.29, 0.717) is 26.1 Å². The Morgan fingerprint density at radius 2 is 2.22 bits per heavy atom. The minimum atomic E-state index is -1.21. The summed E-state index contributed by atoms with van der Waals surface area (Å²) >= 11 is 0. The second-order valence-electron chi connectivity index (χ2n) is 4.16. The third-order valence-corrected chi connectivity index (χ3v) is 2.92. The first-order valence-corrected chi connectivity index (χ1v) is 5.64. The molecule has 18 heavy (non-hydrogen) atoms. The molecule has 1 saturated heterocycles. The van der Waals surface area contributed by atoms with Gasteiger partial charge in [-0.3, -0.25) is 14.2 Å². The summed E-state index contributed by atoms with van der Waals surface area (Å²) in [6.07, 6.45) is 2.32. The predicted octanol–water partition coefficient (Wildman–Crippen LogP) is 0.361. The summed E-state index contributed by atoms with van der Waals surface area (Å²) in [6, 6.07) is 0. The molecule has 0 aliphatic carbocycles. The van der Waals surface area contributed by atoms with Crippen molar-refractivity contribution in [3.8, 4) is 0 Å². The average Bonchev–Trinajstić information content (AvgIpc) is 2.36. The molecule has 2 heterocycles. The van der Waals surface area contributed by atoms with Crippen LogP contribution in [0.2, 0.25) is 0 Å². The van der Waals surface area contributed by atoms with Crippen LogP contribution in [0.5, 0.6) is 0 Å². The van der Waals surface area contributed by atoms with Gasteiger partial charge in [-0.25, -0.2) is 4.98 Å². The molecule has 0 saturated carbocycles. The van der Waals surface area contributed by atoms with Gasteiger partial charge in [0.25, 0.3) is 5.56 Å². The highest BCUT2D eigenvalue weighted by atomic mass is 19.1. The van der Waals surface area contributed by atoms with Crippen LogP contribution < -0.4 is 5.56 Å². The first-order chi connectivity index (χ1) is 8.59. The van der Waals surface area contributed by atoms with Crippen LogP contribution in [-0.4, -0.2) is 33.8 Å². The van der Waals surface area contributed by atoms with Gasteiger partial charge in [-0.15, -0.1) is 0 Å². The molecule has 0 bridgehead atoms. The standard InChI is InChI=1S/C11H13FN2O4/c12-9-10(7-1-3-18-4-2-7)13-6-14(11(9)17)5-8(15)16/h6-7H,1-5H2,(H,15,16). The van der Waals surface area contributed by atoms with Crippen LogP contribution in [0.1, 0.15) is 24.5 Å². The fraction of sp³-hybridized carbons (Fsp3) is 0.545. The predicted molar refractivity (Wildman–Crippen MR) is 58.9 cm³/mol. The Hall–Kier alpha value is -1.76. The average molecular weight is 256 g/mol. The van der Waals surface area contributed by atoms with E-state index in [1.165, 1.54) is 0 Å². The second kappa shape index (κ2) is 5.26. The number of rotatable bonds is 3. The molecule has 0 atom stereocenters. The molecule has 1 aromatic heterocycles. The zero-order valence-corrected chi connectivity index (χ0v) is 9.63. The maximum Gasteiger partial charge on any atom is 0.323 e. The molecule has 0 unspecified atom stereocenters. The van der Waals surface area contributed by atoms with E-state index in [9.17, 15) is 14.0 Å². The lowest BCUT2D eigenvalue weighted by Gasteiger charge is -2.21. The zero-order chi connectivity index (χ0) is 13.1. The topological polar surface area (TPSA) is 81.4 Å². The van der Waals surface area contributed by atoms with Crippen molar-refractivity contribution >= 4 is 5.97 Å². The Morgan fingerprint density at radius 3 is 2.83 bits per heavy atom. The van der Waals surface area contributed by atoms with Crippen LogP contribution in [0.4, 0.5) is 4.39 Å². The minimum Gasteiger partial charge on any atom is -0.480 e. The Kier molecular flexibility index (Phi) is 3.71. The van der Waals surface area contributed by atoms with Crippen molar-refractivity contribution < 1.29 is 19.0 Å². The number of ether oxygens (including phenoxy) is 1. The van der Waals surface area contributed by atoms with Crippen LogP contribution in [0.3, 0.4) is 0 Å². The highest BCUT2D eigenvalue weighted by molar-refractivity contribution is 5.66. The van der Waals surface area contributed by atoms with E-state index in [1.54, 1.807) is 0 Å². The third kappa shape index (κ3) is 2.56. The van der Waals surface area contributed by atoms with Crippen LogP contribution in [-0.2, 0) is 16.1 Å². The summed E-state index contributed by atoms with van der Waals surface area (Å²) in [5, 5.41) is 8.57. The molecule has 2 rings (SSSR count). The SMILES string of the molecule is O=C(O)Cn1cnc(C2CCOCC2)c(F)c1=O. The molecular formula is C11H13FN2O4. The molecule has 0 amide bonds. The minimum absolute atomic E-state index is 0.116. The number of aromatic nitrogens is 2. The summed E-state index contributed by atoms with van der Waals surface area (Å²) in [4.78, 5) is 26.0. The van der Waals surface area contributed by atoms with E-state index in [-0.39, 0.29) is 11.6 Å². The number of carboxylic acids is 1. The van der Waals surface area contributed by atoms with E-state index in [0.717, 1.165) is 10.9 Å². The van der Waals surface area contributed by atoms with Crippen LogP contribution in [0, 0.1) is 5.82 Å². The van der Waals surface area contributed by atoms with E-state index >= 15 is 0 Å². The molecule has 0 spiro atoms. The normalized spacial score (nSPS) is 16.7. The van der Waals surface area contributed by atoms with Gasteiger partial charge in [0.05, 0.1) is 12.0 Å². The van der Waals surface area contributed by atoms with Crippen molar-refractivity contribution in [2.75, 3.05) is 13.2 Å². The van der Waals surface area contributed by atoms with Crippen LogP contribution >= 0.6 is 0 Å². The number of carbonyl (C=O) groups is 1. The maximum atomic E-state index is 13.9. The van der Waals surface area contributed by atoms with Gasteiger partial charge in [-0.2, -0.15) is 4.39 Å². The molecule has 0 radical (unpaired) electrons. The molecule has 1 aliphatic heterocycles. The van der Waals surface area contributed by atoms with Crippen LogP contribution in [0.25, 0.3) is 0 Å². The smallest absolute Gasteiger partial charge is 0.323 e. The van der Waals surface area contributed by atoms with Gasteiger partial charge in [0, 0.05) is 19.1 Å². The summed E-state index contributed by atoms with van der Waals surface area (Å²) in [5.74, 6) is -2.30. The van der Waals surface area contributed by atoms with Crippen molar-refractivity contribution in [2.24, 2.45) is 0 Å². The molecule has 1 fully saturated rings. The van der Waals surface area contributed by atoms with Gasteiger partial charge < -0.3 is 9.84 Å².